The summed E-state index contributed by atoms with van der Waals surface area (Å²) < 4.78 is 23.5. The van der Waals surface area contributed by atoms with Crippen LogP contribution in [0.3, 0.4) is 0 Å². The number of carbonyl (C=O) groups excluding carboxylic acids is 1. The van der Waals surface area contributed by atoms with E-state index in [1.807, 2.05) is 38.1 Å². The van der Waals surface area contributed by atoms with E-state index in [-0.39, 0.29) is 15.5 Å². The Morgan fingerprint density at radius 3 is 2.33 bits per heavy atom. The third-order valence-electron chi connectivity index (χ3n) is 3.49. The molecule has 0 aliphatic carbocycles. The number of rotatable bonds is 5. The monoisotopic (exact) mass is 366 g/mol. The number of hydrazine groups is 1. The number of nitrogens with zero attached hydrogens (tertiary/aromatic N) is 1. The van der Waals surface area contributed by atoms with E-state index in [9.17, 15) is 13.2 Å². The first-order chi connectivity index (χ1) is 11.2. The van der Waals surface area contributed by atoms with Crippen LogP contribution in [0, 0.1) is 6.92 Å². The van der Waals surface area contributed by atoms with Crippen LogP contribution < -0.4 is 10.4 Å². The molecule has 0 radical (unpaired) electrons. The van der Waals surface area contributed by atoms with Gasteiger partial charge in [-0.25, -0.2) is 8.42 Å². The van der Waals surface area contributed by atoms with Crippen LogP contribution in [0.1, 0.15) is 22.8 Å². The van der Waals surface area contributed by atoms with Crippen molar-refractivity contribution in [1.82, 2.24) is 5.43 Å². The molecule has 0 unspecified atom stereocenters. The van der Waals surface area contributed by atoms with Gasteiger partial charge in [0.05, 0.1) is 15.6 Å². The van der Waals surface area contributed by atoms with Gasteiger partial charge < -0.3 is 0 Å². The van der Waals surface area contributed by atoms with Gasteiger partial charge in [0.15, 0.2) is 9.84 Å². The smallest absolute Gasteiger partial charge is 0.269 e. The maximum atomic E-state index is 12.5. The molecule has 0 atom stereocenters. The molecule has 0 aliphatic heterocycles. The van der Waals surface area contributed by atoms with Gasteiger partial charge in [0.25, 0.3) is 5.91 Å². The molecule has 0 spiro atoms. The summed E-state index contributed by atoms with van der Waals surface area (Å²) in [6.45, 7) is 4.45. The minimum atomic E-state index is -3.51. The Hall–Kier alpha value is -2.05. The molecule has 7 heteroatoms. The fourth-order valence-electron chi connectivity index (χ4n) is 2.17. The Bertz CT molecular complexity index is 849. The number of hydrogen-bond donors (Lipinski definition) is 1. The average molecular weight is 367 g/mol. The van der Waals surface area contributed by atoms with E-state index in [0.717, 1.165) is 17.5 Å². The van der Waals surface area contributed by atoms with Crippen LogP contribution in [0.15, 0.2) is 47.4 Å². The number of halogens is 1. The molecule has 24 heavy (non-hydrogen) atoms. The molecule has 128 valence electrons. The number of nitrogens with one attached hydrogen (secondary N) is 1. The lowest BCUT2D eigenvalue weighted by Gasteiger charge is -2.24. The van der Waals surface area contributed by atoms with Gasteiger partial charge in [-0.3, -0.25) is 15.2 Å². The van der Waals surface area contributed by atoms with Crippen molar-refractivity contribution < 1.29 is 13.2 Å². The minimum Gasteiger partial charge on any atom is -0.286 e. The number of carbonyl (C=O) groups is 1. The van der Waals surface area contributed by atoms with Crippen molar-refractivity contribution in [2.45, 2.75) is 18.7 Å². The van der Waals surface area contributed by atoms with Gasteiger partial charge in [0.1, 0.15) is 0 Å². The van der Waals surface area contributed by atoms with Crippen LogP contribution in [-0.4, -0.2) is 27.1 Å². The van der Waals surface area contributed by atoms with E-state index >= 15 is 0 Å². The average Bonchev–Trinajstić information content (AvgIpc) is 2.52. The molecule has 5 nitrogen and oxygen atoms in total. The normalized spacial score (nSPS) is 11.2. The maximum absolute atomic E-state index is 12.5. The molecular formula is C17H19ClN2O3S. The minimum absolute atomic E-state index is 0.0600. The van der Waals surface area contributed by atoms with Crippen LogP contribution in [0.25, 0.3) is 0 Å². The summed E-state index contributed by atoms with van der Waals surface area (Å²) in [5.41, 5.74) is 4.96. The van der Waals surface area contributed by atoms with Crippen LogP contribution in [0.2, 0.25) is 5.02 Å². The van der Waals surface area contributed by atoms with E-state index in [0.29, 0.717) is 6.54 Å². The largest absolute Gasteiger partial charge is 0.286 e. The summed E-state index contributed by atoms with van der Waals surface area (Å²) in [5.74, 6) is -0.404. The summed E-state index contributed by atoms with van der Waals surface area (Å²) in [5, 5.41) is 1.79. The standard InChI is InChI=1S/C17H19ClN2O3S/c1-4-20(14-8-5-12(2)6-9-14)19-17(21)13-7-10-15(18)16(11-13)24(3,22)23/h5-11H,4H2,1-3H3,(H,19,21). The van der Waals surface area contributed by atoms with Gasteiger partial charge in [-0.05, 0) is 44.2 Å². The van der Waals surface area contributed by atoms with Gasteiger partial charge in [0, 0.05) is 18.4 Å². The highest BCUT2D eigenvalue weighted by molar-refractivity contribution is 7.90. The summed E-state index contributed by atoms with van der Waals surface area (Å²) >= 11 is 5.91. The maximum Gasteiger partial charge on any atom is 0.269 e. The molecule has 2 aromatic rings. The lowest BCUT2D eigenvalue weighted by molar-refractivity contribution is 0.0949. The summed E-state index contributed by atoms with van der Waals surface area (Å²) in [7, 11) is -3.51. The first kappa shape index (κ1) is 18.3. The molecule has 2 aromatic carbocycles. The molecule has 1 amide bonds. The zero-order chi connectivity index (χ0) is 17.9. The number of aryl methyl sites for hydroxylation is 1. The fraction of sp³-hybridized carbons (Fsp3) is 0.235. The Morgan fingerprint density at radius 2 is 1.79 bits per heavy atom. The number of hydrogen-bond acceptors (Lipinski definition) is 4. The predicted molar refractivity (Wildman–Crippen MR) is 96.2 cm³/mol. The predicted octanol–water partition coefficient (Wildman–Crippen LogP) is 3.22. The SMILES string of the molecule is CCN(NC(=O)c1ccc(Cl)c(S(C)(=O)=O)c1)c1ccc(C)cc1. The second-order valence-electron chi connectivity index (χ2n) is 5.44. The van der Waals surface area contributed by atoms with Crippen molar-refractivity contribution in [1.29, 1.82) is 0 Å². The number of sulfone groups is 1. The van der Waals surface area contributed by atoms with E-state index in [4.69, 9.17) is 11.6 Å². The van der Waals surface area contributed by atoms with Gasteiger partial charge in [-0.2, -0.15) is 0 Å². The van der Waals surface area contributed by atoms with Crippen molar-refractivity contribution in [3.63, 3.8) is 0 Å². The Labute approximate surface area is 147 Å². The molecule has 2 rings (SSSR count). The highest BCUT2D eigenvalue weighted by atomic mass is 35.5. The Kier molecular flexibility index (Phi) is 5.51. The van der Waals surface area contributed by atoms with Crippen LogP contribution in [0.5, 0.6) is 0 Å². The topological polar surface area (TPSA) is 66.5 Å². The summed E-state index contributed by atoms with van der Waals surface area (Å²) in [6, 6.07) is 11.9. The Balaban J connectivity index is 2.27. The number of amides is 1. The second-order valence-corrected chi connectivity index (χ2v) is 7.83. The number of anilines is 1. The van der Waals surface area contributed by atoms with Crippen molar-refractivity contribution >= 4 is 33.0 Å². The van der Waals surface area contributed by atoms with E-state index in [1.54, 1.807) is 5.01 Å². The zero-order valence-electron chi connectivity index (χ0n) is 13.7. The van der Waals surface area contributed by atoms with Gasteiger partial charge >= 0.3 is 0 Å². The van der Waals surface area contributed by atoms with Crippen molar-refractivity contribution in [2.24, 2.45) is 0 Å². The van der Waals surface area contributed by atoms with Crippen LogP contribution >= 0.6 is 11.6 Å². The van der Waals surface area contributed by atoms with Gasteiger partial charge in [-0.15, -0.1) is 0 Å². The second kappa shape index (κ2) is 7.23. The van der Waals surface area contributed by atoms with E-state index < -0.39 is 15.7 Å². The molecule has 1 N–H and O–H groups in total. The lowest BCUT2D eigenvalue weighted by atomic mass is 10.2. The van der Waals surface area contributed by atoms with Gasteiger partial charge in [0.2, 0.25) is 0 Å². The van der Waals surface area contributed by atoms with Crippen LogP contribution in [-0.2, 0) is 9.84 Å². The molecular weight excluding hydrogens is 348 g/mol. The molecule has 0 saturated carbocycles. The van der Waals surface area contributed by atoms with E-state index in [2.05, 4.69) is 5.43 Å². The molecule has 0 heterocycles. The first-order valence-electron chi connectivity index (χ1n) is 7.37. The van der Waals surface area contributed by atoms with Crippen molar-refractivity contribution in [2.75, 3.05) is 17.8 Å². The fourth-order valence-corrected chi connectivity index (χ4v) is 3.47. The van der Waals surface area contributed by atoms with Crippen LogP contribution in [0.4, 0.5) is 5.69 Å². The highest BCUT2D eigenvalue weighted by Gasteiger charge is 2.17. The zero-order valence-corrected chi connectivity index (χ0v) is 15.3. The third-order valence-corrected chi connectivity index (χ3v) is 5.07. The van der Waals surface area contributed by atoms with Crippen molar-refractivity contribution in [3.8, 4) is 0 Å². The molecule has 0 saturated heterocycles. The molecule has 0 aromatic heterocycles. The van der Waals surface area contributed by atoms with Crippen molar-refractivity contribution in [3.05, 3.63) is 58.6 Å². The van der Waals surface area contributed by atoms with E-state index in [1.165, 1.54) is 18.2 Å². The molecule has 0 aliphatic rings. The first-order valence-corrected chi connectivity index (χ1v) is 9.64. The third kappa shape index (κ3) is 4.27. The molecule has 0 fully saturated rings. The Morgan fingerprint density at radius 1 is 1.17 bits per heavy atom. The quantitative estimate of drug-likeness (QED) is 0.825. The lowest BCUT2D eigenvalue weighted by Crippen LogP contribution is -2.42. The number of benzene rings is 2. The molecule has 0 bridgehead atoms. The van der Waals surface area contributed by atoms with Gasteiger partial charge in [-0.1, -0.05) is 29.3 Å². The highest BCUT2D eigenvalue weighted by Crippen LogP contribution is 2.23. The summed E-state index contributed by atoms with van der Waals surface area (Å²) in [4.78, 5) is 12.4. The summed E-state index contributed by atoms with van der Waals surface area (Å²) in [6.07, 6.45) is 1.06.